The summed E-state index contributed by atoms with van der Waals surface area (Å²) in [6.45, 7) is 9.27. The number of aliphatic imine (C=N–C) groups is 1. The van der Waals surface area contributed by atoms with Crippen molar-refractivity contribution in [3.63, 3.8) is 0 Å². The van der Waals surface area contributed by atoms with Crippen molar-refractivity contribution in [1.82, 2.24) is 10.3 Å². The number of anilines is 1. The van der Waals surface area contributed by atoms with Gasteiger partial charge in [0.2, 0.25) is 5.96 Å². The van der Waals surface area contributed by atoms with Crippen molar-refractivity contribution in [2.45, 2.75) is 34.2 Å². The second-order valence-electron chi connectivity index (χ2n) is 7.43. The van der Waals surface area contributed by atoms with Crippen molar-refractivity contribution in [2.24, 2.45) is 4.99 Å². The maximum atomic E-state index is 13.1. The number of benzene rings is 2. The maximum Gasteiger partial charge on any atom is 0.258 e. The molecule has 0 radical (unpaired) electrons. The first-order chi connectivity index (χ1) is 16.0. The number of pyridine rings is 1. The van der Waals surface area contributed by atoms with Crippen LogP contribution in [-0.2, 0) is 6.54 Å². The second kappa shape index (κ2) is 11.7. The van der Waals surface area contributed by atoms with Crippen LogP contribution >= 0.6 is 0 Å². The van der Waals surface area contributed by atoms with Crippen LogP contribution < -0.4 is 20.1 Å². The van der Waals surface area contributed by atoms with Crippen LogP contribution in [-0.4, -0.2) is 30.1 Å². The smallest absolute Gasteiger partial charge is 0.258 e. The number of ether oxygens (including phenoxy) is 2. The van der Waals surface area contributed by atoms with Crippen LogP contribution in [0.5, 0.6) is 11.5 Å². The molecule has 2 aromatic carbocycles. The van der Waals surface area contributed by atoms with E-state index in [4.69, 9.17) is 9.47 Å². The van der Waals surface area contributed by atoms with Gasteiger partial charge in [0.25, 0.3) is 5.91 Å². The summed E-state index contributed by atoms with van der Waals surface area (Å²) in [5, 5.41) is 6.13. The second-order valence-corrected chi connectivity index (χ2v) is 7.43. The van der Waals surface area contributed by atoms with E-state index in [-0.39, 0.29) is 5.91 Å². The van der Waals surface area contributed by atoms with E-state index < -0.39 is 0 Å². The van der Waals surface area contributed by atoms with Crippen LogP contribution in [0.3, 0.4) is 0 Å². The number of aromatic nitrogens is 1. The SMILES string of the molecule is CCOc1ccc(C(=O)NC(=NCc2ccncc2)Nc2ccc(C)c(C)c2)cc1OCC. The number of hydrogen-bond acceptors (Lipinski definition) is 5. The number of amides is 1. The van der Waals surface area contributed by atoms with Crippen LogP contribution in [0.25, 0.3) is 0 Å². The van der Waals surface area contributed by atoms with Crippen LogP contribution in [0.1, 0.15) is 40.9 Å². The lowest BCUT2D eigenvalue weighted by Gasteiger charge is -2.15. The van der Waals surface area contributed by atoms with E-state index in [1.54, 1.807) is 30.6 Å². The fourth-order valence-electron chi connectivity index (χ4n) is 3.10. The quantitative estimate of drug-likeness (QED) is 0.380. The molecule has 33 heavy (non-hydrogen) atoms. The summed E-state index contributed by atoms with van der Waals surface area (Å²) >= 11 is 0. The van der Waals surface area contributed by atoms with E-state index in [1.807, 2.05) is 51.1 Å². The molecule has 1 heterocycles. The van der Waals surface area contributed by atoms with Gasteiger partial charge in [-0.3, -0.25) is 15.1 Å². The van der Waals surface area contributed by atoms with Crippen LogP contribution in [0, 0.1) is 13.8 Å². The van der Waals surface area contributed by atoms with Gasteiger partial charge in [0, 0.05) is 23.6 Å². The zero-order chi connectivity index (χ0) is 23.6. The number of rotatable bonds is 8. The average molecular weight is 447 g/mol. The molecular weight excluding hydrogens is 416 g/mol. The molecular formula is C26H30N4O3. The van der Waals surface area contributed by atoms with Gasteiger partial charge in [-0.1, -0.05) is 6.07 Å². The fourth-order valence-corrected chi connectivity index (χ4v) is 3.10. The average Bonchev–Trinajstić information content (AvgIpc) is 2.82. The number of nitrogens with zero attached hydrogens (tertiary/aromatic N) is 2. The van der Waals surface area contributed by atoms with Gasteiger partial charge in [0.15, 0.2) is 11.5 Å². The number of nitrogens with one attached hydrogen (secondary N) is 2. The van der Waals surface area contributed by atoms with E-state index in [0.29, 0.717) is 42.8 Å². The van der Waals surface area contributed by atoms with Gasteiger partial charge in [0.1, 0.15) is 0 Å². The number of guanidine groups is 1. The molecule has 0 atom stereocenters. The summed E-state index contributed by atoms with van der Waals surface area (Å²) in [5.41, 5.74) is 4.61. The van der Waals surface area contributed by atoms with E-state index in [9.17, 15) is 4.79 Å². The third-order valence-electron chi connectivity index (χ3n) is 4.98. The first-order valence-corrected chi connectivity index (χ1v) is 11.0. The number of hydrogen-bond donors (Lipinski definition) is 2. The molecule has 172 valence electrons. The number of aryl methyl sites for hydroxylation is 2. The van der Waals surface area contributed by atoms with Gasteiger partial charge in [-0.05, 0) is 86.8 Å². The van der Waals surface area contributed by atoms with E-state index in [0.717, 1.165) is 16.8 Å². The summed E-state index contributed by atoms with van der Waals surface area (Å²) in [5.74, 6) is 1.19. The lowest BCUT2D eigenvalue weighted by atomic mass is 10.1. The molecule has 0 saturated heterocycles. The Morgan fingerprint density at radius 2 is 1.64 bits per heavy atom. The molecule has 3 aromatic rings. The molecule has 0 fully saturated rings. The van der Waals surface area contributed by atoms with Gasteiger partial charge in [-0.2, -0.15) is 0 Å². The van der Waals surface area contributed by atoms with Crippen molar-refractivity contribution >= 4 is 17.6 Å². The summed E-state index contributed by atoms with van der Waals surface area (Å²) < 4.78 is 11.2. The minimum atomic E-state index is -0.302. The minimum Gasteiger partial charge on any atom is -0.490 e. The number of carbonyl (C=O) groups excluding carboxylic acids is 1. The van der Waals surface area contributed by atoms with Crippen LogP contribution in [0.2, 0.25) is 0 Å². The molecule has 0 saturated carbocycles. The number of carbonyl (C=O) groups is 1. The summed E-state index contributed by atoms with van der Waals surface area (Å²) in [7, 11) is 0. The lowest BCUT2D eigenvalue weighted by molar-refractivity contribution is 0.0976. The third-order valence-corrected chi connectivity index (χ3v) is 4.98. The molecule has 0 spiro atoms. The van der Waals surface area contributed by atoms with Gasteiger partial charge in [0.05, 0.1) is 19.8 Å². The maximum absolute atomic E-state index is 13.1. The molecule has 7 nitrogen and oxygen atoms in total. The summed E-state index contributed by atoms with van der Waals surface area (Å²) in [4.78, 5) is 21.7. The van der Waals surface area contributed by atoms with Gasteiger partial charge in [-0.15, -0.1) is 0 Å². The van der Waals surface area contributed by atoms with Crippen molar-refractivity contribution in [3.8, 4) is 11.5 Å². The highest BCUT2D eigenvalue weighted by atomic mass is 16.5. The molecule has 2 N–H and O–H groups in total. The Balaban J connectivity index is 1.84. The Labute approximate surface area is 194 Å². The Bertz CT molecular complexity index is 1110. The van der Waals surface area contributed by atoms with Crippen LogP contribution in [0.4, 0.5) is 5.69 Å². The summed E-state index contributed by atoms with van der Waals surface area (Å²) in [6.07, 6.45) is 3.43. The topological polar surface area (TPSA) is 84.8 Å². The lowest BCUT2D eigenvalue weighted by Crippen LogP contribution is -2.36. The van der Waals surface area contributed by atoms with Gasteiger partial charge >= 0.3 is 0 Å². The highest BCUT2D eigenvalue weighted by molar-refractivity contribution is 6.10. The van der Waals surface area contributed by atoms with Crippen LogP contribution in [0.15, 0.2) is 65.9 Å². The van der Waals surface area contributed by atoms with Crippen molar-refractivity contribution in [3.05, 3.63) is 83.2 Å². The van der Waals surface area contributed by atoms with Gasteiger partial charge in [-0.25, -0.2) is 4.99 Å². The molecule has 0 unspecified atom stereocenters. The first kappa shape index (κ1) is 23.8. The summed E-state index contributed by atoms with van der Waals surface area (Å²) in [6, 6.07) is 14.9. The monoisotopic (exact) mass is 446 g/mol. The Morgan fingerprint density at radius 1 is 0.909 bits per heavy atom. The zero-order valence-corrected chi connectivity index (χ0v) is 19.5. The van der Waals surface area contributed by atoms with Crippen molar-refractivity contribution in [2.75, 3.05) is 18.5 Å². The van der Waals surface area contributed by atoms with Gasteiger partial charge < -0.3 is 14.8 Å². The zero-order valence-electron chi connectivity index (χ0n) is 19.5. The molecule has 7 heteroatoms. The highest BCUT2D eigenvalue weighted by Crippen LogP contribution is 2.28. The molecule has 0 bridgehead atoms. The highest BCUT2D eigenvalue weighted by Gasteiger charge is 2.14. The molecule has 3 rings (SSSR count). The van der Waals surface area contributed by atoms with Crippen molar-refractivity contribution in [1.29, 1.82) is 0 Å². The third kappa shape index (κ3) is 6.80. The predicted molar refractivity (Wildman–Crippen MR) is 131 cm³/mol. The largest absolute Gasteiger partial charge is 0.490 e. The van der Waals surface area contributed by atoms with E-state index in [1.165, 1.54) is 5.56 Å². The molecule has 0 aliphatic heterocycles. The Hall–Kier alpha value is -3.87. The predicted octanol–water partition coefficient (Wildman–Crippen LogP) is 4.89. The minimum absolute atomic E-state index is 0.302. The Kier molecular flexibility index (Phi) is 8.41. The molecule has 0 aliphatic rings. The molecule has 1 aromatic heterocycles. The molecule has 1 amide bonds. The fraction of sp³-hybridized carbons (Fsp3) is 0.269. The Morgan fingerprint density at radius 3 is 2.33 bits per heavy atom. The van der Waals surface area contributed by atoms with E-state index in [2.05, 4.69) is 27.5 Å². The normalized spacial score (nSPS) is 11.1. The van der Waals surface area contributed by atoms with E-state index >= 15 is 0 Å². The first-order valence-electron chi connectivity index (χ1n) is 11.0. The standard InChI is InChI=1S/C26H30N4O3/c1-5-32-23-10-8-21(16-24(23)33-6-2)25(31)30-26(28-17-20-11-13-27-14-12-20)29-22-9-7-18(3)19(4)15-22/h7-16H,5-6,17H2,1-4H3,(H2,28,29,30,31). The molecule has 0 aliphatic carbocycles. The van der Waals surface area contributed by atoms with Crippen molar-refractivity contribution < 1.29 is 14.3 Å².